The van der Waals surface area contributed by atoms with Crippen molar-refractivity contribution in [2.24, 2.45) is 0 Å². The molecule has 0 heterocycles. The molecule has 3 heteroatoms. The Morgan fingerprint density at radius 2 is 1.95 bits per heavy atom. The molecule has 1 N–H and O–H groups in total. The Labute approximate surface area is 115 Å². The molecular weight excluding hydrogens is 238 g/mol. The third-order valence-corrected chi connectivity index (χ3v) is 3.12. The van der Waals surface area contributed by atoms with E-state index in [2.05, 4.69) is 24.0 Å². The van der Waals surface area contributed by atoms with Crippen molar-refractivity contribution in [2.75, 3.05) is 18.0 Å². The van der Waals surface area contributed by atoms with Crippen LogP contribution in [0.1, 0.15) is 33.1 Å². The molecule has 0 radical (unpaired) electrons. The minimum Gasteiger partial charge on any atom is -0.478 e. The Morgan fingerprint density at radius 1 is 1.26 bits per heavy atom. The van der Waals surface area contributed by atoms with Gasteiger partial charge in [0.15, 0.2) is 0 Å². The lowest BCUT2D eigenvalue weighted by Crippen LogP contribution is -2.25. The molecule has 0 unspecified atom stereocenters. The summed E-state index contributed by atoms with van der Waals surface area (Å²) < 4.78 is 0. The topological polar surface area (TPSA) is 40.5 Å². The zero-order valence-corrected chi connectivity index (χ0v) is 11.8. The van der Waals surface area contributed by atoms with Gasteiger partial charge < -0.3 is 10.0 Å². The van der Waals surface area contributed by atoms with Gasteiger partial charge >= 0.3 is 5.97 Å². The van der Waals surface area contributed by atoms with Crippen molar-refractivity contribution < 1.29 is 9.90 Å². The van der Waals surface area contributed by atoms with Gasteiger partial charge in [-0.1, -0.05) is 44.5 Å². The van der Waals surface area contributed by atoms with Gasteiger partial charge in [-0.2, -0.15) is 0 Å². The Hall–Kier alpha value is -1.77. The van der Waals surface area contributed by atoms with E-state index in [4.69, 9.17) is 5.11 Å². The largest absolute Gasteiger partial charge is 0.478 e. The van der Waals surface area contributed by atoms with Gasteiger partial charge in [0.1, 0.15) is 0 Å². The van der Waals surface area contributed by atoms with Crippen LogP contribution in [0, 0.1) is 0 Å². The van der Waals surface area contributed by atoms with Crippen molar-refractivity contribution in [3.63, 3.8) is 0 Å². The average molecular weight is 261 g/mol. The molecule has 0 aliphatic rings. The Bertz CT molecular complexity index is 412. The maximum atomic E-state index is 11.0. The van der Waals surface area contributed by atoms with E-state index in [1.165, 1.54) is 0 Å². The van der Waals surface area contributed by atoms with Crippen LogP contribution in [0.3, 0.4) is 0 Å². The zero-order valence-electron chi connectivity index (χ0n) is 11.8. The molecule has 0 saturated carbocycles. The molecule has 1 aromatic carbocycles. The molecule has 3 nitrogen and oxygen atoms in total. The van der Waals surface area contributed by atoms with Gasteiger partial charge in [0.05, 0.1) is 0 Å². The monoisotopic (exact) mass is 261 g/mol. The summed E-state index contributed by atoms with van der Waals surface area (Å²) in [4.78, 5) is 13.2. The van der Waals surface area contributed by atoms with Gasteiger partial charge in [0.25, 0.3) is 0 Å². The van der Waals surface area contributed by atoms with Crippen LogP contribution in [0.25, 0.3) is 0 Å². The summed E-state index contributed by atoms with van der Waals surface area (Å²) in [5.41, 5.74) is 1.63. The summed E-state index contributed by atoms with van der Waals surface area (Å²) >= 11 is 0. The number of hydrogen-bond acceptors (Lipinski definition) is 2. The lowest BCUT2D eigenvalue weighted by Gasteiger charge is -2.23. The first-order valence-corrected chi connectivity index (χ1v) is 6.91. The minimum atomic E-state index is -0.814. The molecule has 19 heavy (non-hydrogen) atoms. The molecule has 0 bridgehead atoms. The van der Waals surface area contributed by atoms with Crippen molar-refractivity contribution in [3.05, 3.63) is 42.0 Å². The zero-order chi connectivity index (χ0) is 14.1. The van der Waals surface area contributed by atoms with Gasteiger partial charge in [0, 0.05) is 24.4 Å². The first-order chi connectivity index (χ1) is 9.19. The number of aliphatic carboxylic acids is 1. The highest BCUT2D eigenvalue weighted by molar-refractivity contribution is 5.86. The van der Waals surface area contributed by atoms with E-state index < -0.39 is 5.97 Å². The number of carboxylic acid groups (broad SMARTS) is 1. The Morgan fingerprint density at radius 3 is 2.47 bits per heavy atom. The first kappa shape index (κ1) is 15.3. The predicted molar refractivity (Wildman–Crippen MR) is 79.6 cm³/mol. The smallest absolute Gasteiger partial charge is 0.331 e. The van der Waals surface area contributed by atoms with Crippen molar-refractivity contribution in [3.8, 4) is 0 Å². The first-order valence-electron chi connectivity index (χ1n) is 6.91. The van der Waals surface area contributed by atoms with E-state index in [1.807, 2.05) is 31.2 Å². The summed E-state index contributed by atoms with van der Waals surface area (Å²) in [6.45, 7) is 5.64. The van der Waals surface area contributed by atoms with Crippen molar-refractivity contribution >= 4 is 11.7 Å². The second-order valence-electron chi connectivity index (χ2n) is 4.52. The maximum absolute atomic E-state index is 11.0. The fourth-order valence-corrected chi connectivity index (χ4v) is 1.92. The van der Waals surface area contributed by atoms with Gasteiger partial charge in [-0.25, -0.2) is 4.79 Å². The third-order valence-electron chi connectivity index (χ3n) is 3.12. The fraction of sp³-hybridized carbons (Fsp3) is 0.438. The Kier molecular flexibility index (Phi) is 6.72. The van der Waals surface area contributed by atoms with Crippen molar-refractivity contribution in [2.45, 2.75) is 33.1 Å². The lowest BCUT2D eigenvalue weighted by atomic mass is 10.2. The number of carboxylic acids is 1. The number of benzene rings is 1. The van der Waals surface area contributed by atoms with Gasteiger partial charge in [-0.3, -0.25) is 0 Å². The molecule has 0 fully saturated rings. The van der Waals surface area contributed by atoms with Crippen LogP contribution in [0.5, 0.6) is 0 Å². The predicted octanol–water partition coefficient (Wildman–Crippen LogP) is 3.71. The average Bonchev–Trinajstić information content (AvgIpc) is 2.43. The van der Waals surface area contributed by atoms with Gasteiger partial charge in [-0.05, 0) is 25.0 Å². The van der Waals surface area contributed by atoms with Crippen LogP contribution in [0.15, 0.2) is 42.0 Å². The van der Waals surface area contributed by atoms with Crippen molar-refractivity contribution in [1.29, 1.82) is 0 Å². The number of para-hydroxylation sites is 1. The molecule has 1 aromatic rings. The molecule has 0 aliphatic heterocycles. The van der Waals surface area contributed by atoms with E-state index in [-0.39, 0.29) is 0 Å². The quantitative estimate of drug-likeness (QED) is 0.725. The molecule has 0 amide bonds. The molecular formula is C16H23NO2. The van der Waals surface area contributed by atoms with Crippen molar-refractivity contribution in [1.82, 2.24) is 0 Å². The van der Waals surface area contributed by atoms with Crippen LogP contribution < -0.4 is 4.90 Å². The standard InChI is InChI=1S/C16H23NO2/c1-3-5-12-17(15-9-7-6-8-10-15)13-11-14(4-2)16(18)19/h6-11H,3-5,12-13H2,1-2H3,(H,18,19). The van der Waals surface area contributed by atoms with E-state index in [9.17, 15) is 4.79 Å². The van der Waals surface area contributed by atoms with Gasteiger partial charge in [0.2, 0.25) is 0 Å². The van der Waals surface area contributed by atoms with Crippen LogP contribution in [-0.4, -0.2) is 24.2 Å². The van der Waals surface area contributed by atoms with Crippen LogP contribution >= 0.6 is 0 Å². The molecule has 0 atom stereocenters. The highest BCUT2D eigenvalue weighted by Crippen LogP contribution is 2.15. The minimum absolute atomic E-state index is 0.484. The number of hydrogen-bond donors (Lipinski definition) is 1. The van der Waals surface area contributed by atoms with E-state index in [0.29, 0.717) is 18.5 Å². The number of carbonyl (C=O) groups is 1. The second kappa shape index (κ2) is 8.35. The molecule has 104 valence electrons. The molecule has 1 rings (SSSR count). The van der Waals surface area contributed by atoms with Gasteiger partial charge in [-0.15, -0.1) is 0 Å². The molecule has 0 aliphatic carbocycles. The van der Waals surface area contributed by atoms with E-state index in [0.717, 1.165) is 25.1 Å². The van der Waals surface area contributed by atoms with Crippen LogP contribution in [0.4, 0.5) is 5.69 Å². The number of anilines is 1. The van der Waals surface area contributed by atoms with Crippen LogP contribution in [-0.2, 0) is 4.79 Å². The second-order valence-corrected chi connectivity index (χ2v) is 4.52. The third kappa shape index (κ3) is 5.16. The summed E-state index contributed by atoms with van der Waals surface area (Å²) in [6.07, 6.45) is 4.63. The maximum Gasteiger partial charge on any atom is 0.331 e. The normalized spacial score (nSPS) is 11.4. The summed E-state index contributed by atoms with van der Waals surface area (Å²) in [7, 11) is 0. The molecule has 0 aromatic heterocycles. The van der Waals surface area contributed by atoms with E-state index in [1.54, 1.807) is 0 Å². The van der Waals surface area contributed by atoms with E-state index >= 15 is 0 Å². The number of unbranched alkanes of at least 4 members (excludes halogenated alkanes) is 1. The SMILES string of the molecule is CCCCN(CC=C(CC)C(=O)O)c1ccccc1. The van der Waals surface area contributed by atoms with Crippen LogP contribution in [0.2, 0.25) is 0 Å². The lowest BCUT2D eigenvalue weighted by molar-refractivity contribution is -0.132. The molecule has 0 saturated heterocycles. The summed E-state index contributed by atoms with van der Waals surface area (Å²) in [5.74, 6) is -0.814. The Balaban J connectivity index is 2.78. The summed E-state index contributed by atoms with van der Waals surface area (Å²) in [6, 6.07) is 10.1. The summed E-state index contributed by atoms with van der Waals surface area (Å²) in [5, 5.41) is 9.05. The fourth-order valence-electron chi connectivity index (χ4n) is 1.92. The number of nitrogens with zero attached hydrogens (tertiary/aromatic N) is 1. The highest BCUT2D eigenvalue weighted by Gasteiger charge is 2.07. The molecule has 0 spiro atoms. The number of rotatable bonds is 8. The highest BCUT2D eigenvalue weighted by atomic mass is 16.4.